The minimum atomic E-state index is 0.770. The molecule has 0 amide bonds. The summed E-state index contributed by atoms with van der Waals surface area (Å²) in [6.07, 6.45) is 14.7. The molecule has 0 aliphatic rings. The van der Waals surface area contributed by atoms with Crippen LogP contribution in [0.25, 0.3) is 0 Å². The fourth-order valence-electron chi connectivity index (χ4n) is 2.60. The van der Waals surface area contributed by atoms with Gasteiger partial charge >= 0.3 is 0 Å². The molecule has 0 atom stereocenters. The topological polar surface area (TPSA) is 0 Å². The normalized spacial score (nSPS) is 9.88. The van der Waals surface area contributed by atoms with E-state index < -0.39 is 0 Å². The van der Waals surface area contributed by atoms with Gasteiger partial charge < -0.3 is 0 Å². The zero-order chi connectivity index (χ0) is 18.4. The molecule has 0 heterocycles. The molecule has 0 radical (unpaired) electrons. The van der Waals surface area contributed by atoms with Crippen molar-refractivity contribution in [2.75, 3.05) is 0 Å². The molecule has 0 saturated carbocycles. The molecule has 0 heteroatoms. The molecular formula is C24H36. The highest BCUT2D eigenvalue weighted by molar-refractivity contribution is 5.59. The summed E-state index contributed by atoms with van der Waals surface area (Å²) >= 11 is 0. The summed E-state index contributed by atoms with van der Waals surface area (Å²) in [5, 5.41) is 0. The van der Waals surface area contributed by atoms with Crippen LogP contribution in [0, 0.1) is 0 Å². The Morgan fingerprint density at radius 2 is 1.21 bits per heavy atom. The molecule has 0 aliphatic heterocycles. The molecule has 0 bridgehead atoms. The molecule has 24 heavy (non-hydrogen) atoms. The fraction of sp³-hybridized carbons (Fsp3) is 0.458. The predicted molar refractivity (Wildman–Crippen MR) is 111 cm³/mol. The summed E-state index contributed by atoms with van der Waals surface area (Å²) in [4.78, 5) is 0. The van der Waals surface area contributed by atoms with E-state index in [1.54, 1.807) is 6.08 Å². The first-order valence-corrected chi connectivity index (χ1v) is 9.26. The molecule has 0 aliphatic carbocycles. The zero-order valence-corrected chi connectivity index (χ0v) is 15.9. The van der Waals surface area contributed by atoms with Crippen LogP contribution in [-0.2, 0) is 0 Å². The second-order valence-electron chi connectivity index (χ2n) is 6.49. The number of hydrogen-bond acceptors (Lipinski definition) is 0. The summed E-state index contributed by atoms with van der Waals surface area (Å²) in [7, 11) is 0. The second-order valence-corrected chi connectivity index (χ2v) is 6.49. The van der Waals surface area contributed by atoms with Crippen LogP contribution in [0.4, 0.5) is 0 Å². The molecule has 0 saturated heterocycles. The average molecular weight is 325 g/mol. The van der Waals surface area contributed by atoms with Crippen molar-refractivity contribution in [1.29, 1.82) is 0 Å². The lowest BCUT2D eigenvalue weighted by Gasteiger charge is -2.14. The van der Waals surface area contributed by atoms with Crippen molar-refractivity contribution in [3.63, 3.8) is 0 Å². The SMILES string of the molecule is C=C=CC(=C)C(=C)C(=C)C(=C)C(=C)CCCCCCCCCCC. The average Bonchev–Trinajstić information content (AvgIpc) is 2.58. The Hall–Kier alpha value is -1.78. The molecule has 0 aromatic rings. The second kappa shape index (κ2) is 13.6. The minimum Gasteiger partial charge on any atom is -0.128 e. The Morgan fingerprint density at radius 3 is 1.71 bits per heavy atom. The molecule has 132 valence electrons. The van der Waals surface area contributed by atoms with E-state index in [2.05, 4.69) is 52.1 Å². The maximum atomic E-state index is 4.16. The van der Waals surface area contributed by atoms with Gasteiger partial charge in [-0.15, -0.1) is 5.73 Å². The molecule has 0 spiro atoms. The predicted octanol–water partition coefficient (Wildman–Crippen LogP) is 8.03. The van der Waals surface area contributed by atoms with Crippen molar-refractivity contribution in [2.45, 2.75) is 71.1 Å². The molecule has 0 rings (SSSR count). The first-order chi connectivity index (χ1) is 11.5. The fourth-order valence-corrected chi connectivity index (χ4v) is 2.60. The highest BCUT2D eigenvalue weighted by atomic mass is 14.1. The molecule has 0 aromatic carbocycles. The van der Waals surface area contributed by atoms with Gasteiger partial charge in [0.25, 0.3) is 0 Å². The van der Waals surface area contributed by atoms with Crippen LogP contribution in [0.2, 0.25) is 0 Å². The quantitative estimate of drug-likeness (QED) is 0.162. The van der Waals surface area contributed by atoms with Crippen molar-refractivity contribution >= 4 is 0 Å². The van der Waals surface area contributed by atoms with E-state index in [9.17, 15) is 0 Å². The van der Waals surface area contributed by atoms with Crippen LogP contribution in [0.5, 0.6) is 0 Å². The van der Waals surface area contributed by atoms with Crippen molar-refractivity contribution < 1.29 is 0 Å². The van der Waals surface area contributed by atoms with Gasteiger partial charge in [-0.3, -0.25) is 0 Å². The van der Waals surface area contributed by atoms with Crippen LogP contribution in [0.15, 0.2) is 79.1 Å². The van der Waals surface area contributed by atoms with E-state index in [0.29, 0.717) is 0 Å². The van der Waals surface area contributed by atoms with Crippen molar-refractivity contribution in [3.8, 4) is 0 Å². The molecule has 0 nitrogen and oxygen atoms in total. The lowest BCUT2D eigenvalue weighted by Crippen LogP contribution is -1.96. The Labute approximate surface area is 150 Å². The lowest BCUT2D eigenvalue weighted by molar-refractivity contribution is 0.565. The number of unbranched alkanes of at least 4 members (excludes halogenated alkanes) is 8. The lowest BCUT2D eigenvalue weighted by atomic mass is 9.90. The van der Waals surface area contributed by atoms with Gasteiger partial charge in [0.2, 0.25) is 0 Å². The highest BCUT2D eigenvalue weighted by Crippen LogP contribution is 2.28. The van der Waals surface area contributed by atoms with E-state index in [-0.39, 0.29) is 0 Å². The number of allylic oxidation sites excluding steroid dienone is 6. The van der Waals surface area contributed by atoms with Gasteiger partial charge in [0.05, 0.1) is 0 Å². The van der Waals surface area contributed by atoms with Crippen LogP contribution >= 0.6 is 0 Å². The molecular weight excluding hydrogens is 288 g/mol. The van der Waals surface area contributed by atoms with Gasteiger partial charge in [0.1, 0.15) is 0 Å². The molecule has 0 N–H and O–H groups in total. The van der Waals surface area contributed by atoms with Crippen LogP contribution in [0.1, 0.15) is 71.1 Å². The van der Waals surface area contributed by atoms with E-state index in [1.807, 2.05) is 0 Å². The standard InChI is InChI=1S/C24H36/c1-8-10-11-12-13-14-15-16-17-19-21(4)23(6)24(7)22(5)20(3)18-9-2/h18H,2-8,10-17,19H2,1H3. The van der Waals surface area contributed by atoms with Crippen LogP contribution in [-0.4, -0.2) is 0 Å². The maximum Gasteiger partial charge on any atom is -0.0133 e. The Kier molecular flexibility index (Phi) is 12.6. The molecule has 0 aromatic heterocycles. The zero-order valence-electron chi connectivity index (χ0n) is 15.9. The maximum absolute atomic E-state index is 4.16. The van der Waals surface area contributed by atoms with Crippen LogP contribution in [0.3, 0.4) is 0 Å². The summed E-state index contributed by atoms with van der Waals surface area (Å²) < 4.78 is 0. The highest BCUT2D eigenvalue weighted by Gasteiger charge is 2.09. The van der Waals surface area contributed by atoms with Gasteiger partial charge in [-0.1, -0.05) is 97.8 Å². The van der Waals surface area contributed by atoms with Crippen molar-refractivity contribution in [1.82, 2.24) is 0 Å². The Balaban J connectivity index is 3.97. The first kappa shape index (κ1) is 22.2. The van der Waals surface area contributed by atoms with Gasteiger partial charge in [0.15, 0.2) is 0 Å². The summed E-state index contributed by atoms with van der Waals surface area (Å²) in [6.45, 7) is 26.2. The first-order valence-electron chi connectivity index (χ1n) is 9.26. The van der Waals surface area contributed by atoms with E-state index in [4.69, 9.17) is 0 Å². The van der Waals surface area contributed by atoms with E-state index >= 15 is 0 Å². The van der Waals surface area contributed by atoms with Crippen LogP contribution < -0.4 is 0 Å². The minimum absolute atomic E-state index is 0.770. The van der Waals surface area contributed by atoms with E-state index in [0.717, 1.165) is 34.3 Å². The Morgan fingerprint density at radius 1 is 0.708 bits per heavy atom. The number of rotatable bonds is 15. The third kappa shape index (κ3) is 9.38. The molecule has 0 fully saturated rings. The summed E-state index contributed by atoms with van der Waals surface area (Å²) in [6, 6.07) is 0. The van der Waals surface area contributed by atoms with Gasteiger partial charge in [-0.25, -0.2) is 0 Å². The van der Waals surface area contributed by atoms with Gasteiger partial charge in [-0.2, -0.15) is 0 Å². The van der Waals surface area contributed by atoms with Gasteiger partial charge in [0, 0.05) is 0 Å². The third-order valence-electron chi connectivity index (χ3n) is 4.40. The Bertz CT molecular complexity index is 506. The van der Waals surface area contributed by atoms with Crippen molar-refractivity contribution in [3.05, 3.63) is 79.1 Å². The number of hydrogen-bond donors (Lipinski definition) is 0. The summed E-state index contributed by atoms with van der Waals surface area (Å²) in [5.41, 5.74) is 7.02. The monoisotopic (exact) mass is 324 g/mol. The van der Waals surface area contributed by atoms with Gasteiger partial charge in [-0.05, 0) is 46.8 Å². The van der Waals surface area contributed by atoms with Crippen molar-refractivity contribution in [2.24, 2.45) is 0 Å². The largest absolute Gasteiger partial charge is 0.128 e. The van der Waals surface area contributed by atoms with E-state index in [1.165, 1.54) is 57.8 Å². The molecule has 0 unspecified atom stereocenters. The smallest absolute Gasteiger partial charge is 0.0133 e. The third-order valence-corrected chi connectivity index (χ3v) is 4.40. The summed E-state index contributed by atoms with van der Waals surface area (Å²) in [5.74, 6) is 0.